The van der Waals surface area contributed by atoms with Crippen molar-refractivity contribution in [2.45, 2.75) is 82.5 Å². The molecule has 0 heterocycles. The topological polar surface area (TPSA) is 58.2 Å². The lowest BCUT2D eigenvalue weighted by atomic mass is 9.83. The van der Waals surface area contributed by atoms with Gasteiger partial charge in [0.25, 0.3) is 0 Å². The normalized spacial score (nSPS) is 24.5. The minimum atomic E-state index is -3.20. The summed E-state index contributed by atoms with van der Waals surface area (Å²) in [5.74, 6) is 0.534. The maximum absolute atomic E-state index is 12.4. The van der Waals surface area contributed by atoms with Crippen LogP contribution in [0.2, 0.25) is 0 Å². The predicted octanol–water partition coefficient (Wildman–Crippen LogP) is 2.41. The van der Waals surface area contributed by atoms with Gasteiger partial charge in [0, 0.05) is 18.6 Å². The van der Waals surface area contributed by atoms with Crippen LogP contribution in [0.1, 0.15) is 65.2 Å². The summed E-state index contributed by atoms with van der Waals surface area (Å²) >= 11 is 0. The largest absolute Gasteiger partial charge is 0.313 e. The van der Waals surface area contributed by atoms with Crippen LogP contribution in [0.15, 0.2) is 0 Å². The van der Waals surface area contributed by atoms with E-state index in [1.165, 1.54) is 44.9 Å². The van der Waals surface area contributed by atoms with Crippen molar-refractivity contribution in [2.75, 3.05) is 6.54 Å². The number of sulfonamides is 1. The Morgan fingerprint density at radius 2 is 1.75 bits per heavy atom. The Balaban J connectivity index is 1.86. The molecule has 0 bridgehead atoms. The zero-order chi connectivity index (χ0) is 14.6. The lowest BCUT2D eigenvalue weighted by molar-refractivity contribution is 0.285. The van der Waals surface area contributed by atoms with Gasteiger partial charge in [-0.2, -0.15) is 0 Å². The summed E-state index contributed by atoms with van der Waals surface area (Å²) in [6, 6.07) is 0.691. The summed E-state index contributed by atoms with van der Waals surface area (Å²) in [5, 5.41) is 2.97. The van der Waals surface area contributed by atoms with Gasteiger partial charge in [0.05, 0.1) is 5.25 Å². The second kappa shape index (κ2) is 7.23. The van der Waals surface area contributed by atoms with E-state index in [0.717, 1.165) is 6.42 Å². The first-order valence-electron chi connectivity index (χ1n) is 8.27. The number of hydrogen-bond donors (Lipinski definition) is 2. The molecule has 0 spiro atoms. The van der Waals surface area contributed by atoms with Crippen LogP contribution in [-0.4, -0.2) is 32.3 Å². The van der Waals surface area contributed by atoms with E-state index in [0.29, 0.717) is 18.5 Å². The number of nitrogens with one attached hydrogen (secondary N) is 2. The SMILES string of the molecule is CCC(NS(=O)(=O)C(C)CNC1CC1)C1CCCCC1. The lowest BCUT2D eigenvalue weighted by Crippen LogP contribution is -2.46. The molecule has 2 saturated carbocycles. The van der Waals surface area contributed by atoms with E-state index in [9.17, 15) is 8.42 Å². The summed E-state index contributed by atoms with van der Waals surface area (Å²) < 4.78 is 27.8. The number of rotatable bonds is 8. The molecule has 2 N–H and O–H groups in total. The minimum Gasteiger partial charge on any atom is -0.313 e. The second-order valence-electron chi connectivity index (χ2n) is 6.57. The maximum Gasteiger partial charge on any atom is 0.215 e. The highest BCUT2D eigenvalue weighted by atomic mass is 32.2. The third kappa shape index (κ3) is 4.71. The zero-order valence-electron chi connectivity index (χ0n) is 12.9. The molecule has 20 heavy (non-hydrogen) atoms. The predicted molar refractivity (Wildman–Crippen MR) is 83.2 cm³/mol. The Morgan fingerprint density at radius 3 is 2.30 bits per heavy atom. The third-order valence-corrected chi connectivity index (χ3v) is 6.63. The van der Waals surface area contributed by atoms with Crippen LogP contribution in [0.25, 0.3) is 0 Å². The molecule has 0 aromatic carbocycles. The molecule has 2 rings (SSSR count). The van der Waals surface area contributed by atoms with E-state index in [2.05, 4.69) is 17.0 Å². The fourth-order valence-corrected chi connectivity index (χ4v) is 4.44. The third-order valence-electron chi connectivity index (χ3n) is 4.78. The molecule has 2 aliphatic carbocycles. The molecule has 2 unspecified atom stereocenters. The molecule has 0 saturated heterocycles. The van der Waals surface area contributed by atoms with Crippen molar-refractivity contribution >= 4 is 10.0 Å². The van der Waals surface area contributed by atoms with E-state index >= 15 is 0 Å². The highest BCUT2D eigenvalue weighted by Gasteiger charge is 2.30. The first-order chi connectivity index (χ1) is 9.53. The van der Waals surface area contributed by atoms with Crippen LogP contribution < -0.4 is 10.0 Å². The van der Waals surface area contributed by atoms with Crippen molar-refractivity contribution in [3.05, 3.63) is 0 Å². The Labute approximate surface area is 124 Å². The molecule has 0 aromatic rings. The fraction of sp³-hybridized carbons (Fsp3) is 1.00. The molecule has 0 aliphatic heterocycles. The second-order valence-corrected chi connectivity index (χ2v) is 8.70. The standard InChI is InChI=1S/C15H30N2O2S/c1-3-15(13-7-5-4-6-8-13)17-20(18,19)12(2)11-16-14-9-10-14/h12-17H,3-11H2,1-2H3. The smallest absolute Gasteiger partial charge is 0.215 e. The Morgan fingerprint density at radius 1 is 1.10 bits per heavy atom. The van der Waals surface area contributed by atoms with Crippen LogP contribution >= 0.6 is 0 Å². The quantitative estimate of drug-likeness (QED) is 0.724. The van der Waals surface area contributed by atoms with Gasteiger partial charge in [-0.15, -0.1) is 0 Å². The van der Waals surface area contributed by atoms with Crippen LogP contribution in [-0.2, 0) is 10.0 Å². The van der Waals surface area contributed by atoms with Crippen molar-refractivity contribution in [1.82, 2.24) is 10.0 Å². The highest BCUT2D eigenvalue weighted by Crippen LogP contribution is 2.28. The van der Waals surface area contributed by atoms with E-state index < -0.39 is 10.0 Å². The zero-order valence-corrected chi connectivity index (χ0v) is 13.7. The summed E-state index contributed by atoms with van der Waals surface area (Å²) in [5.41, 5.74) is 0. The maximum atomic E-state index is 12.4. The van der Waals surface area contributed by atoms with Gasteiger partial charge in [0.1, 0.15) is 0 Å². The monoisotopic (exact) mass is 302 g/mol. The van der Waals surface area contributed by atoms with Crippen LogP contribution in [0.4, 0.5) is 0 Å². The molecule has 0 amide bonds. The van der Waals surface area contributed by atoms with Crippen LogP contribution in [0.3, 0.4) is 0 Å². The van der Waals surface area contributed by atoms with Gasteiger partial charge >= 0.3 is 0 Å². The van der Waals surface area contributed by atoms with Crippen molar-refractivity contribution in [2.24, 2.45) is 5.92 Å². The van der Waals surface area contributed by atoms with E-state index in [1.54, 1.807) is 0 Å². The number of hydrogen-bond acceptors (Lipinski definition) is 3. The Hall–Kier alpha value is -0.130. The summed E-state index contributed by atoms with van der Waals surface area (Å²) in [6.07, 6.45) is 9.45. The van der Waals surface area contributed by atoms with Crippen molar-refractivity contribution in [3.63, 3.8) is 0 Å². The van der Waals surface area contributed by atoms with Gasteiger partial charge in [0.2, 0.25) is 10.0 Å². The van der Waals surface area contributed by atoms with Crippen molar-refractivity contribution in [1.29, 1.82) is 0 Å². The Kier molecular flexibility index (Phi) is 5.87. The molecule has 2 aliphatic rings. The molecule has 2 fully saturated rings. The molecule has 0 aromatic heterocycles. The van der Waals surface area contributed by atoms with Gasteiger partial charge in [-0.05, 0) is 44.9 Å². The highest BCUT2D eigenvalue weighted by molar-refractivity contribution is 7.90. The van der Waals surface area contributed by atoms with Crippen LogP contribution in [0, 0.1) is 5.92 Å². The molecule has 2 atom stereocenters. The first kappa shape index (κ1) is 16.2. The van der Waals surface area contributed by atoms with E-state index in [-0.39, 0.29) is 11.3 Å². The fourth-order valence-electron chi connectivity index (χ4n) is 3.11. The van der Waals surface area contributed by atoms with Crippen molar-refractivity contribution in [3.8, 4) is 0 Å². The summed E-state index contributed by atoms with van der Waals surface area (Å²) in [4.78, 5) is 0. The summed E-state index contributed by atoms with van der Waals surface area (Å²) in [7, 11) is -3.20. The van der Waals surface area contributed by atoms with Crippen LogP contribution in [0.5, 0.6) is 0 Å². The molecular weight excluding hydrogens is 272 g/mol. The molecule has 4 nitrogen and oxygen atoms in total. The van der Waals surface area contributed by atoms with E-state index in [4.69, 9.17) is 0 Å². The molecule has 5 heteroatoms. The van der Waals surface area contributed by atoms with Crippen molar-refractivity contribution < 1.29 is 8.42 Å². The van der Waals surface area contributed by atoms with Gasteiger partial charge in [-0.1, -0.05) is 26.2 Å². The molecule has 118 valence electrons. The van der Waals surface area contributed by atoms with Gasteiger partial charge < -0.3 is 5.32 Å². The summed E-state index contributed by atoms with van der Waals surface area (Å²) in [6.45, 7) is 4.47. The van der Waals surface area contributed by atoms with Gasteiger partial charge in [-0.25, -0.2) is 13.1 Å². The lowest BCUT2D eigenvalue weighted by Gasteiger charge is -2.31. The average Bonchev–Trinajstić information content (AvgIpc) is 3.27. The van der Waals surface area contributed by atoms with Gasteiger partial charge in [-0.3, -0.25) is 0 Å². The Bertz CT molecular complexity index is 387. The van der Waals surface area contributed by atoms with E-state index in [1.807, 2.05) is 6.92 Å². The minimum absolute atomic E-state index is 0.128. The molecule has 0 radical (unpaired) electrons. The first-order valence-corrected chi connectivity index (χ1v) is 9.82. The average molecular weight is 302 g/mol. The van der Waals surface area contributed by atoms with Gasteiger partial charge in [0.15, 0.2) is 0 Å². The molecular formula is C15H30N2O2S.